The van der Waals surface area contributed by atoms with Gasteiger partial charge in [-0.3, -0.25) is 0 Å². The van der Waals surface area contributed by atoms with Crippen LogP contribution in [-0.4, -0.2) is 35.4 Å². The standard InChI is InChI=1S/C11H19NO3/c13-10-5-2-1-4-9(10)8-12-7-3-6-11(14)15/h3,6,9-10,12-13H,1-2,4-5,7-8H2,(H,14,15)/b6-3+. The van der Waals surface area contributed by atoms with Gasteiger partial charge in [-0.1, -0.05) is 18.9 Å². The van der Waals surface area contributed by atoms with Crippen LogP contribution in [0.5, 0.6) is 0 Å². The number of aliphatic hydroxyl groups is 1. The molecule has 0 aliphatic heterocycles. The summed E-state index contributed by atoms with van der Waals surface area (Å²) in [5.74, 6) is -0.591. The van der Waals surface area contributed by atoms with E-state index in [1.54, 1.807) is 6.08 Å². The van der Waals surface area contributed by atoms with Gasteiger partial charge in [0.2, 0.25) is 0 Å². The molecule has 1 saturated carbocycles. The Kier molecular flexibility index (Phi) is 5.36. The second kappa shape index (κ2) is 6.58. The highest BCUT2D eigenvalue weighted by molar-refractivity contribution is 5.79. The smallest absolute Gasteiger partial charge is 0.328 e. The van der Waals surface area contributed by atoms with Gasteiger partial charge in [0.15, 0.2) is 0 Å². The summed E-state index contributed by atoms with van der Waals surface area (Å²) in [5.41, 5.74) is 0. The van der Waals surface area contributed by atoms with E-state index in [9.17, 15) is 9.90 Å². The van der Waals surface area contributed by atoms with E-state index in [0.29, 0.717) is 12.5 Å². The lowest BCUT2D eigenvalue weighted by Gasteiger charge is -2.27. The van der Waals surface area contributed by atoms with Crippen LogP contribution in [0.25, 0.3) is 0 Å². The molecule has 0 aromatic rings. The Hall–Kier alpha value is -0.870. The Bertz CT molecular complexity index is 228. The molecule has 0 radical (unpaired) electrons. The number of nitrogens with one attached hydrogen (secondary N) is 1. The van der Waals surface area contributed by atoms with Crippen molar-refractivity contribution in [2.24, 2.45) is 5.92 Å². The summed E-state index contributed by atoms with van der Waals surface area (Å²) in [6.07, 6.45) is 6.80. The highest BCUT2D eigenvalue weighted by Gasteiger charge is 2.21. The molecule has 1 fully saturated rings. The van der Waals surface area contributed by atoms with Crippen LogP contribution in [0.2, 0.25) is 0 Å². The van der Waals surface area contributed by atoms with Crippen molar-refractivity contribution in [2.75, 3.05) is 13.1 Å². The molecule has 4 heteroatoms. The molecule has 0 bridgehead atoms. The van der Waals surface area contributed by atoms with Gasteiger partial charge in [-0.2, -0.15) is 0 Å². The monoisotopic (exact) mass is 213 g/mol. The summed E-state index contributed by atoms with van der Waals surface area (Å²) < 4.78 is 0. The Labute approximate surface area is 90.0 Å². The van der Waals surface area contributed by atoms with Crippen molar-refractivity contribution in [3.05, 3.63) is 12.2 Å². The molecule has 0 heterocycles. The van der Waals surface area contributed by atoms with Gasteiger partial charge in [0.05, 0.1) is 6.10 Å². The van der Waals surface area contributed by atoms with E-state index in [1.807, 2.05) is 0 Å². The number of aliphatic hydroxyl groups excluding tert-OH is 1. The fourth-order valence-corrected chi connectivity index (χ4v) is 1.94. The molecule has 2 atom stereocenters. The molecular formula is C11H19NO3. The van der Waals surface area contributed by atoms with Gasteiger partial charge in [0.25, 0.3) is 0 Å². The lowest BCUT2D eigenvalue weighted by atomic mass is 9.86. The van der Waals surface area contributed by atoms with Crippen LogP contribution in [-0.2, 0) is 4.79 Å². The van der Waals surface area contributed by atoms with E-state index in [2.05, 4.69) is 5.32 Å². The number of carboxylic acid groups (broad SMARTS) is 1. The normalized spacial score (nSPS) is 27.0. The Morgan fingerprint density at radius 1 is 1.40 bits per heavy atom. The maximum absolute atomic E-state index is 10.2. The molecule has 1 rings (SSSR count). The first-order valence-corrected chi connectivity index (χ1v) is 5.48. The fourth-order valence-electron chi connectivity index (χ4n) is 1.94. The predicted molar refractivity (Wildman–Crippen MR) is 57.6 cm³/mol. The molecule has 2 unspecified atom stereocenters. The number of carboxylic acids is 1. The minimum atomic E-state index is -0.922. The summed E-state index contributed by atoms with van der Waals surface area (Å²) in [6, 6.07) is 0. The second-order valence-corrected chi connectivity index (χ2v) is 4.01. The van der Waals surface area contributed by atoms with Gasteiger partial charge < -0.3 is 15.5 Å². The van der Waals surface area contributed by atoms with E-state index in [1.165, 1.54) is 6.42 Å². The quantitative estimate of drug-likeness (QED) is 0.466. The number of hydrogen-bond acceptors (Lipinski definition) is 3. The molecule has 0 saturated heterocycles. The summed E-state index contributed by atoms with van der Waals surface area (Å²) in [6.45, 7) is 1.32. The molecule has 4 nitrogen and oxygen atoms in total. The molecular weight excluding hydrogens is 194 g/mol. The molecule has 15 heavy (non-hydrogen) atoms. The Morgan fingerprint density at radius 3 is 2.80 bits per heavy atom. The zero-order chi connectivity index (χ0) is 11.1. The van der Waals surface area contributed by atoms with Crippen LogP contribution < -0.4 is 5.32 Å². The van der Waals surface area contributed by atoms with Gasteiger partial charge in [-0.25, -0.2) is 4.79 Å². The summed E-state index contributed by atoms with van der Waals surface area (Å²) in [4.78, 5) is 10.2. The third-order valence-corrected chi connectivity index (χ3v) is 2.80. The topological polar surface area (TPSA) is 69.6 Å². The number of rotatable bonds is 5. The highest BCUT2D eigenvalue weighted by Crippen LogP contribution is 2.23. The van der Waals surface area contributed by atoms with Crippen LogP contribution >= 0.6 is 0 Å². The first-order valence-electron chi connectivity index (χ1n) is 5.48. The summed E-state index contributed by atoms with van der Waals surface area (Å²) in [7, 11) is 0. The average molecular weight is 213 g/mol. The van der Waals surface area contributed by atoms with Gasteiger partial charge in [0.1, 0.15) is 0 Å². The minimum absolute atomic E-state index is 0.185. The van der Waals surface area contributed by atoms with Crippen LogP contribution in [0.15, 0.2) is 12.2 Å². The average Bonchev–Trinajstić information content (AvgIpc) is 2.20. The number of hydrogen-bond donors (Lipinski definition) is 3. The third kappa shape index (κ3) is 4.95. The predicted octanol–water partition coefficient (Wildman–Crippen LogP) is 0.768. The van der Waals surface area contributed by atoms with Crippen molar-refractivity contribution in [3.8, 4) is 0 Å². The SMILES string of the molecule is O=C(O)/C=C/CNCC1CCCCC1O. The van der Waals surface area contributed by atoms with Crippen molar-refractivity contribution in [1.82, 2.24) is 5.32 Å². The number of aliphatic carboxylic acids is 1. The summed E-state index contributed by atoms with van der Waals surface area (Å²) >= 11 is 0. The molecule has 0 amide bonds. The van der Waals surface area contributed by atoms with E-state index < -0.39 is 5.97 Å². The Balaban J connectivity index is 2.11. The van der Waals surface area contributed by atoms with Crippen LogP contribution in [0, 0.1) is 5.92 Å². The molecule has 86 valence electrons. The first-order chi connectivity index (χ1) is 7.20. The van der Waals surface area contributed by atoms with Crippen LogP contribution in [0.3, 0.4) is 0 Å². The van der Waals surface area contributed by atoms with Crippen LogP contribution in [0.1, 0.15) is 25.7 Å². The molecule has 1 aliphatic carbocycles. The summed E-state index contributed by atoms with van der Waals surface area (Å²) in [5, 5.41) is 21.1. The lowest BCUT2D eigenvalue weighted by Crippen LogP contribution is -2.33. The van der Waals surface area contributed by atoms with E-state index in [-0.39, 0.29) is 6.10 Å². The Morgan fingerprint density at radius 2 is 2.13 bits per heavy atom. The zero-order valence-electron chi connectivity index (χ0n) is 8.85. The van der Waals surface area contributed by atoms with Gasteiger partial charge in [-0.15, -0.1) is 0 Å². The fraction of sp³-hybridized carbons (Fsp3) is 0.727. The number of carbonyl (C=O) groups is 1. The van der Waals surface area contributed by atoms with Crippen molar-refractivity contribution in [3.63, 3.8) is 0 Å². The van der Waals surface area contributed by atoms with Gasteiger partial charge in [-0.05, 0) is 18.8 Å². The lowest BCUT2D eigenvalue weighted by molar-refractivity contribution is -0.131. The van der Waals surface area contributed by atoms with Crippen molar-refractivity contribution < 1.29 is 15.0 Å². The molecule has 0 spiro atoms. The third-order valence-electron chi connectivity index (χ3n) is 2.80. The largest absolute Gasteiger partial charge is 0.478 e. The molecule has 0 aromatic heterocycles. The first kappa shape index (κ1) is 12.2. The van der Waals surface area contributed by atoms with Gasteiger partial charge in [0, 0.05) is 19.2 Å². The van der Waals surface area contributed by atoms with E-state index >= 15 is 0 Å². The van der Waals surface area contributed by atoms with Crippen molar-refractivity contribution in [2.45, 2.75) is 31.8 Å². The van der Waals surface area contributed by atoms with E-state index in [4.69, 9.17) is 5.11 Å². The highest BCUT2D eigenvalue weighted by atomic mass is 16.4. The zero-order valence-corrected chi connectivity index (χ0v) is 8.85. The van der Waals surface area contributed by atoms with E-state index in [0.717, 1.165) is 31.9 Å². The molecule has 0 aromatic carbocycles. The van der Waals surface area contributed by atoms with Crippen molar-refractivity contribution >= 4 is 5.97 Å². The maximum atomic E-state index is 10.2. The second-order valence-electron chi connectivity index (χ2n) is 4.01. The van der Waals surface area contributed by atoms with Gasteiger partial charge >= 0.3 is 5.97 Å². The van der Waals surface area contributed by atoms with Crippen LogP contribution in [0.4, 0.5) is 0 Å². The molecule has 3 N–H and O–H groups in total. The van der Waals surface area contributed by atoms with Crippen molar-refractivity contribution in [1.29, 1.82) is 0 Å². The molecule has 1 aliphatic rings. The maximum Gasteiger partial charge on any atom is 0.328 e. The minimum Gasteiger partial charge on any atom is -0.478 e.